The van der Waals surface area contributed by atoms with Crippen molar-refractivity contribution in [2.75, 3.05) is 27.9 Å². The molecule has 0 aliphatic carbocycles. The second kappa shape index (κ2) is 5.96. The maximum atomic E-state index is 5.82. The number of hydrogen-bond donors (Lipinski definition) is 0. The highest BCUT2D eigenvalue weighted by Crippen LogP contribution is 2.42. The van der Waals surface area contributed by atoms with Crippen molar-refractivity contribution in [1.82, 2.24) is 0 Å². The number of hydrogen-bond acceptors (Lipinski definition) is 4. The molecule has 1 aliphatic heterocycles. The molecule has 1 unspecified atom stereocenters. The normalized spacial score (nSPS) is 19.4. The third kappa shape index (κ3) is 2.53. The molecule has 1 aromatic carbocycles. The minimum absolute atomic E-state index is 0.0505. The lowest BCUT2D eigenvalue weighted by Gasteiger charge is -2.26. The molecule has 0 bridgehead atoms. The molecule has 4 heteroatoms. The predicted octanol–water partition coefficient (Wildman–Crippen LogP) is 2.95. The minimum Gasteiger partial charge on any atom is -0.496 e. The van der Waals surface area contributed by atoms with Gasteiger partial charge in [0.15, 0.2) is 0 Å². The quantitative estimate of drug-likeness (QED) is 0.825. The zero-order valence-corrected chi connectivity index (χ0v) is 11.2. The molecule has 1 saturated heterocycles. The molecule has 1 aliphatic rings. The fourth-order valence-electron chi connectivity index (χ4n) is 2.32. The lowest BCUT2D eigenvalue weighted by molar-refractivity contribution is 0.0121. The Morgan fingerprint density at radius 3 is 2.11 bits per heavy atom. The Balaban J connectivity index is 2.41. The van der Waals surface area contributed by atoms with Gasteiger partial charge < -0.3 is 18.9 Å². The van der Waals surface area contributed by atoms with Gasteiger partial charge in [-0.05, 0) is 19.3 Å². The van der Waals surface area contributed by atoms with Crippen molar-refractivity contribution >= 4 is 0 Å². The van der Waals surface area contributed by atoms with Crippen molar-refractivity contribution in [1.29, 1.82) is 0 Å². The van der Waals surface area contributed by atoms with E-state index in [9.17, 15) is 0 Å². The van der Waals surface area contributed by atoms with E-state index in [1.807, 2.05) is 12.1 Å². The predicted molar refractivity (Wildman–Crippen MR) is 68.6 cm³/mol. The van der Waals surface area contributed by atoms with Gasteiger partial charge in [-0.3, -0.25) is 0 Å². The van der Waals surface area contributed by atoms with Crippen LogP contribution < -0.4 is 14.2 Å². The smallest absolute Gasteiger partial charge is 0.132 e. The largest absolute Gasteiger partial charge is 0.496 e. The lowest BCUT2D eigenvalue weighted by Crippen LogP contribution is -2.13. The van der Waals surface area contributed by atoms with Gasteiger partial charge in [0.25, 0.3) is 0 Å². The third-order valence-electron chi connectivity index (χ3n) is 3.25. The van der Waals surface area contributed by atoms with Crippen LogP contribution in [-0.2, 0) is 4.74 Å². The number of rotatable bonds is 4. The van der Waals surface area contributed by atoms with Crippen molar-refractivity contribution in [3.8, 4) is 17.2 Å². The summed E-state index contributed by atoms with van der Waals surface area (Å²) < 4.78 is 21.9. The first-order chi connectivity index (χ1) is 8.80. The van der Waals surface area contributed by atoms with E-state index in [0.717, 1.165) is 42.3 Å². The van der Waals surface area contributed by atoms with E-state index < -0.39 is 0 Å². The fourth-order valence-corrected chi connectivity index (χ4v) is 2.32. The van der Waals surface area contributed by atoms with Crippen LogP contribution >= 0.6 is 0 Å². The maximum absolute atomic E-state index is 5.82. The molecule has 2 rings (SSSR count). The molecule has 4 nitrogen and oxygen atoms in total. The van der Waals surface area contributed by atoms with Crippen molar-refractivity contribution in [2.45, 2.75) is 25.4 Å². The molecule has 1 fully saturated rings. The Morgan fingerprint density at radius 1 is 1.00 bits per heavy atom. The van der Waals surface area contributed by atoms with Crippen molar-refractivity contribution in [3.63, 3.8) is 0 Å². The Hall–Kier alpha value is -1.42. The molecule has 0 radical (unpaired) electrons. The van der Waals surface area contributed by atoms with Crippen LogP contribution in [0.15, 0.2) is 12.1 Å². The van der Waals surface area contributed by atoms with E-state index in [-0.39, 0.29) is 6.10 Å². The molecule has 1 atom stereocenters. The summed E-state index contributed by atoms with van der Waals surface area (Å²) in [6, 6.07) is 3.74. The summed E-state index contributed by atoms with van der Waals surface area (Å²) in [6.07, 6.45) is 3.34. The van der Waals surface area contributed by atoms with Gasteiger partial charge in [-0.2, -0.15) is 0 Å². The average molecular weight is 252 g/mol. The summed E-state index contributed by atoms with van der Waals surface area (Å²) in [5.41, 5.74) is 0.987. The summed E-state index contributed by atoms with van der Waals surface area (Å²) in [4.78, 5) is 0. The summed E-state index contributed by atoms with van der Waals surface area (Å²) >= 11 is 0. The van der Waals surface area contributed by atoms with E-state index in [1.54, 1.807) is 21.3 Å². The average Bonchev–Trinajstić information content (AvgIpc) is 2.46. The van der Waals surface area contributed by atoms with Crippen LogP contribution in [-0.4, -0.2) is 27.9 Å². The number of methoxy groups -OCH3 is 3. The molecule has 0 saturated carbocycles. The maximum Gasteiger partial charge on any atom is 0.132 e. The van der Waals surface area contributed by atoms with Crippen molar-refractivity contribution in [3.05, 3.63) is 17.7 Å². The van der Waals surface area contributed by atoms with Gasteiger partial charge in [-0.1, -0.05) is 0 Å². The van der Waals surface area contributed by atoms with E-state index in [0.29, 0.717) is 0 Å². The van der Waals surface area contributed by atoms with Gasteiger partial charge in [0.05, 0.1) is 33.0 Å². The van der Waals surface area contributed by atoms with Crippen LogP contribution in [0.25, 0.3) is 0 Å². The Kier molecular flexibility index (Phi) is 4.31. The second-order valence-electron chi connectivity index (χ2n) is 4.30. The summed E-state index contributed by atoms with van der Waals surface area (Å²) in [7, 11) is 4.94. The van der Waals surface area contributed by atoms with E-state index >= 15 is 0 Å². The lowest BCUT2D eigenvalue weighted by atomic mass is 9.99. The molecule has 1 aromatic rings. The highest BCUT2D eigenvalue weighted by Gasteiger charge is 2.24. The molecule has 18 heavy (non-hydrogen) atoms. The van der Waals surface area contributed by atoms with Crippen LogP contribution in [0.4, 0.5) is 0 Å². The van der Waals surface area contributed by atoms with E-state index in [2.05, 4.69) is 0 Å². The fraction of sp³-hybridized carbons (Fsp3) is 0.571. The van der Waals surface area contributed by atoms with Gasteiger partial charge in [0.1, 0.15) is 17.2 Å². The van der Waals surface area contributed by atoms with Crippen LogP contribution in [0.3, 0.4) is 0 Å². The molecule has 1 heterocycles. The second-order valence-corrected chi connectivity index (χ2v) is 4.30. The highest BCUT2D eigenvalue weighted by molar-refractivity contribution is 5.52. The van der Waals surface area contributed by atoms with Crippen LogP contribution in [0, 0.1) is 0 Å². The molecule has 100 valence electrons. The van der Waals surface area contributed by atoms with Gasteiger partial charge >= 0.3 is 0 Å². The van der Waals surface area contributed by atoms with Gasteiger partial charge in [-0.15, -0.1) is 0 Å². The van der Waals surface area contributed by atoms with Gasteiger partial charge in [-0.25, -0.2) is 0 Å². The summed E-state index contributed by atoms with van der Waals surface area (Å²) in [6.45, 7) is 0.795. The molecule has 0 spiro atoms. The first kappa shape index (κ1) is 13.0. The molecular formula is C14H20O4. The standard InChI is InChI=1S/C14H20O4/c1-15-10-8-12(16-2)14(13(9-10)17-3)11-6-4-5-7-18-11/h8-9,11H,4-7H2,1-3H3. The number of ether oxygens (including phenoxy) is 4. The monoisotopic (exact) mass is 252 g/mol. The molecular weight excluding hydrogens is 232 g/mol. The summed E-state index contributed by atoms with van der Waals surface area (Å²) in [5, 5.41) is 0. The third-order valence-corrected chi connectivity index (χ3v) is 3.25. The Bertz CT molecular complexity index is 372. The number of benzene rings is 1. The Morgan fingerprint density at radius 2 is 1.67 bits per heavy atom. The van der Waals surface area contributed by atoms with E-state index in [4.69, 9.17) is 18.9 Å². The zero-order valence-electron chi connectivity index (χ0n) is 11.2. The molecule has 0 amide bonds. The highest BCUT2D eigenvalue weighted by atomic mass is 16.5. The topological polar surface area (TPSA) is 36.9 Å². The first-order valence-corrected chi connectivity index (χ1v) is 6.21. The van der Waals surface area contributed by atoms with Gasteiger partial charge in [0.2, 0.25) is 0 Å². The van der Waals surface area contributed by atoms with E-state index in [1.165, 1.54) is 6.42 Å². The zero-order chi connectivity index (χ0) is 13.0. The summed E-state index contributed by atoms with van der Waals surface area (Å²) in [5.74, 6) is 2.25. The Labute approximate surface area is 108 Å². The molecule has 0 aromatic heterocycles. The van der Waals surface area contributed by atoms with Crippen LogP contribution in [0.2, 0.25) is 0 Å². The minimum atomic E-state index is 0.0505. The van der Waals surface area contributed by atoms with Crippen LogP contribution in [0.5, 0.6) is 17.2 Å². The van der Waals surface area contributed by atoms with Crippen LogP contribution in [0.1, 0.15) is 30.9 Å². The molecule has 0 N–H and O–H groups in total. The SMILES string of the molecule is COc1cc(OC)c(C2CCCCO2)c(OC)c1. The van der Waals surface area contributed by atoms with Crippen molar-refractivity contribution in [2.24, 2.45) is 0 Å². The first-order valence-electron chi connectivity index (χ1n) is 6.21. The van der Waals surface area contributed by atoms with Gasteiger partial charge in [0, 0.05) is 18.7 Å². The van der Waals surface area contributed by atoms with Crippen molar-refractivity contribution < 1.29 is 18.9 Å².